The van der Waals surface area contributed by atoms with Gasteiger partial charge in [-0.1, -0.05) is 23.7 Å². The fourth-order valence-electron chi connectivity index (χ4n) is 3.65. The van der Waals surface area contributed by atoms with Crippen LogP contribution in [0.4, 0.5) is 0 Å². The highest BCUT2D eigenvalue weighted by molar-refractivity contribution is 14.0. The summed E-state index contributed by atoms with van der Waals surface area (Å²) in [5.74, 6) is 1.72. The van der Waals surface area contributed by atoms with E-state index < -0.39 is 0 Å². The fourth-order valence-corrected chi connectivity index (χ4v) is 3.84. The highest BCUT2D eigenvalue weighted by atomic mass is 127. The minimum atomic E-state index is 0. The van der Waals surface area contributed by atoms with Crippen molar-refractivity contribution < 1.29 is 9.53 Å². The number of ether oxygens (including phenoxy) is 1. The van der Waals surface area contributed by atoms with Crippen LogP contribution < -0.4 is 15.4 Å². The Morgan fingerprint density at radius 3 is 2.96 bits per heavy atom. The van der Waals surface area contributed by atoms with Gasteiger partial charge in [0, 0.05) is 38.5 Å². The molecule has 2 heterocycles. The molecule has 1 aromatic rings. The average Bonchev–Trinajstić information content (AvgIpc) is 2.96. The highest BCUT2D eigenvalue weighted by Crippen LogP contribution is 2.35. The summed E-state index contributed by atoms with van der Waals surface area (Å²) in [6.45, 7) is 3.73. The second kappa shape index (κ2) is 9.64. The van der Waals surface area contributed by atoms with Crippen LogP contribution in [0.3, 0.4) is 0 Å². The molecule has 0 aliphatic carbocycles. The van der Waals surface area contributed by atoms with E-state index in [0.717, 1.165) is 38.4 Å². The number of piperidine rings is 1. The van der Waals surface area contributed by atoms with Crippen LogP contribution in [0.2, 0.25) is 5.02 Å². The number of likely N-dealkylation sites (tertiary alicyclic amines) is 1. The minimum absolute atomic E-state index is 0. The van der Waals surface area contributed by atoms with Gasteiger partial charge in [0.15, 0.2) is 5.96 Å². The fraction of sp³-hybridized carbons (Fsp3) is 0.556. The number of guanidine groups is 1. The molecule has 1 atom stereocenters. The van der Waals surface area contributed by atoms with Gasteiger partial charge in [-0.2, -0.15) is 0 Å². The monoisotopic (exact) mass is 492 g/mol. The molecule has 2 saturated heterocycles. The van der Waals surface area contributed by atoms with Crippen molar-refractivity contribution >= 4 is 47.4 Å². The van der Waals surface area contributed by atoms with E-state index in [-0.39, 0.29) is 35.3 Å². The van der Waals surface area contributed by atoms with E-state index in [9.17, 15) is 4.79 Å². The molecule has 1 aromatic carbocycles. The zero-order valence-electron chi connectivity index (χ0n) is 15.0. The molecule has 3 rings (SSSR count). The van der Waals surface area contributed by atoms with Gasteiger partial charge in [0.05, 0.1) is 11.6 Å². The number of halogens is 2. The van der Waals surface area contributed by atoms with Crippen molar-refractivity contribution in [2.75, 3.05) is 39.8 Å². The van der Waals surface area contributed by atoms with E-state index in [4.69, 9.17) is 16.3 Å². The first-order valence-electron chi connectivity index (χ1n) is 8.72. The molecule has 144 valence electrons. The maximum atomic E-state index is 11.6. The zero-order valence-corrected chi connectivity index (χ0v) is 18.0. The molecule has 1 unspecified atom stereocenters. The summed E-state index contributed by atoms with van der Waals surface area (Å²) >= 11 is 6.08. The number of rotatable bonds is 4. The molecule has 6 nitrogen and oxygen atoms in total. The van der Waals surface area contributed by atoms with E-state index >= 15 is 0 Å². The molecule has 2 aliphatic heterocycles. The Morgan fingerprint density at radius 1 is 1.46 bits per heavy atom. The van der Waals surface area contributed by atoms with Gasteiger partial charge in [0.1, 0.15) is 12.4 Å². The molecule has 2 N–H and O–H groups in total. The number of para-hydroxylation sites is 1. The smallest absolute Gasteiger partial charge is 0.220 e. The molecule has 0 saturated carbocycles. The van der Waals surface area contributed by atoms with Gasteiger partial charge in [0.25, 0.3) is 0 Å². The Labute approximate surface area is 176 Å². The first kappa shape index (κ1) is 21.1. The van der Waals surface area contributed by atoms with Crippen molar-refractivity contribution in [1.82, 2.24) is 15.5 Å². The van der Waals surface area contributed by atoms with E-state index in [1.54, 1.807) is 7.05 Å². The summed E-state index contributed by atoms with van der Waals surface area (Å²) in [7, 11) is 1.79. The summed E-state index contributed by atoms with van der Waals surface area (Å²) in [5.41, 5.74) is 0.0566. The lowest BCUT2D eigenvalue weighted by Gasteiger charge is -2.40. The van der Waals surface area contributed by atoms with Gasteiger partial charge in [-0.25, -0.2) is 0 Å². The van der Waals surface area contributed by atoms with Crippen LogP contribution in [-0.4, -0.2) is 56.6 Å². The summed E-state index contributed by atoms with van der Waals surface area (Å²) in [5, 5.41) is 6.94. The van der Waals surface area contributed by atoms with Crippen LogP contribution >= 0.6 is 35.6 Å². The Hall–Kier alpha value is -1.22. The van der Waals surface area contributed by atoms with Gasteiger partial charge >= 0.3 is 0 Å². The van der Waals surface area contributed by atoms with Crippen LogP contribution in [-0.2, 0) is 4.79 Å². The van der Waals surface area contributed by atoms with Crippen LogP contribution in [0.25, 0.3) is 0 Å². The molecule has 0 bridgehead atoms. The lowest BCUT2D eigenvalue weighted by Crippen LogP contribution is -2.51. The Balaban J connectivity index is 0.00000243. The third-order valence-electron chi connectivity index (χ3n) is 4.85. The minimum Gasteiger partial charge on any atom is -0.490 e. The van der Waals surface area contributed by atoms with Crippen molar-refractivity contribution in [3.63, 3.8) is 0 Å². The predicted octanol–water partition coefficient (Wildman–Crippen LogP) is 2.51. The first-order valence-corrected chi connectivity index (χ1v) is 9.09. The van der Waals surface area contributed by atoms with Gasteiger partial charge in [-0.3, -0.25) is 9.79 Å². The number of carbonyl (C=O) groups is 1. The van der Waals surface area contributed by atoms with E-state index in [1.807, 2.05) is 24.3 Å². The number of carbonyl (C=O) groups excluding carboxylic acids is 1. The van der Waals surface area contributed by atoms with Gasteiger partial charge in [-0.15, -0.1) is 24.0 Å². The molecule has 26 heavy (non-hydrogen) atoms. The van der Waals surface area contributed by atoms with Crippen LogP contribution in [0.15, 0.2) is 29.3 Å². The van der Waals surface area contributed by atoms with Crippen molar-refractivity contribution in [2.24, 2.45) is 10.4 Å². The van der Waals surface area contributed by atoms with E-state index in [1.165, 1.54) is 0 Å². The highest BCUT2D eigenvalue weighted by Gasteiger charge is 2.42. The molecule has 1 amide bonds. The Kier molecular flexibility index (Phi) is 7.82. The lowest BCUT2D eigenvalue weighted by atomic mass is 9.79. The molecule has 0 radical (unpaired) electrons. The largest absolute Gasteiger partial charge is 0.490 e. The number of benzene rings is 1. The zero-order chi connectivity index (χ0) is 17.7. The predicted molar refractivity (Wildman–Crippen MR) is 115 cm³/mol. The number of amides is 1. The molecular formula is C18H26ClIN4O2. The molecule has 0 aromatic heterocycles. The van der Waals surface area contributed by atoms with Crippen molar-refractivity contribution in [2.45, 2.75) is 19.3 Å². The number of aliphatic imine (C=N–C) groups is 1. The molecular weight excluding hydrogens is 467 g/mol. The van der Waals surface area contributed by atoms with Crippen LogP contribution in [0, 0.1) is 5.41 Å². The average molecular weight is 493 g/mol. The lowest BCUT2D eigenvalue weighted by molar-refractivity contribution is -0.119. The van der Waals surface area contributed by atoms with Gasteiger partial charge < -0.3 is 20.3 Å². The SMILES string of the molecule is CN=C(NCCOc1ccccc1Cl)N1CCCC2(CNC(=O)C2)C1.I. The normalized spacial score (nSPS) is 22.8. The summed E-state index contributed by atoms with van der Waals surface area (Å²) in [4.78, 5) is 18.3. The van der Waals surface area contributed by atoms with E-state index in [2.05, 4.69) is 20.5 Å². The number of nitrogens with one attached hydrogen (secondary N) is 2. The van der Waals surface area contributed by atoms with Crippen molar-refractivity contribution in [3.8, 4) is 5.75 Å². The Bertz CT molecular complexity index is 658. The molecule has 2 aliphatic rings. The quantitative estimate of drug-likeness (QED) is 0.293. The molecule has 1 spiro atoms. The molecule has 2 fully saturated rings. The number of hydrogen-bond donors (Lipinski definition) is 2. The van der Waals surface area contributed by atoms with Gasteiger partial charge in [0.2, 0.25) is 5.91 Å². The maximum absolute atomic E-state index is 11.6. The van der Waals surface area contributed by atoms with Crippen LogP contribution in [0.1, 0.15) is 19.3 Å². The second-order valence-electron chi connectivity index (χ2n) is 6.73. The third kappa shape index (κ3) is 5.16. The standard InChI is InChI=1S/C18H25ClN4O2.HI/c1-20-17(21-8-10-25-15-6-3-2-5-14(15)19)23-9-4-7-18(13-23)11-16(24)22-12-18;/h2-3,5-6H,4,7-13H2,1H3,(H,20,21)(H,22,24);1H. The third-order valence-corrected chi connectivity index (χ3v) is 5.16. The van der Waals surface area contributed by atoms with Crippen molar-refractivity contribution in [1.29, 1.82) is 0 Å². The topological polar surface area (TPSA) is 66.0 Å². The summed E-state index contributed by atoms with van der Waals surface area (Å²) in [6.07, 6.45) is 2.79. The summed E-state index contributed by atoms with van der Waals surface area (Å²) < 4.78 is 5.70. The number of hydrogen-bond acceptors (Lipinski definition) is 3. The van der Waals surface area contributed by atoms with E-state index in [0.29, 0.717) is 30.3 Å². The molecule has 8 heteroatoms. The second-order valence-corrected chi connectivity index (χ2v) is 7.14. The first-order chi connectivity index (χ1) is 12.1. The van der Waals surface area contributed by atoms with Crippen molar-refractivity contribution in [3.05, 3.63) is 29.3 Å². The van der Waals surface area contributed by atoms with Crippen LogP contribution in [0.5, 0.6) is 5.75 Å². The van der Waals surface area contributed by atoms with Gasteiger partial charge in [-0.05, 0) is 25.0 Å². The Morgan fingerprint density at radius 2 is 2.27 bits per heavy atom. The number of nitrogens with zero attached hydrogens (tertiary/aromatic N) is 2. The maximum Gasteiger partial charge on any atom is 0.220 e. The summed E-state index contributed by atoms with van der Waals surface area (Å²) in [6, 6.07) is 7.45.